The van der Waals surface area contributed by atoms with Gasteiger partial charge < -0.3 is 4.74 Å². The van der Waals surface area contributed by atoms with Crippen molar-refractivity contribution in [3.05, 3.63) is 29.6 Å². The summed E-state index contributed by atoms with van der Waals surface area (Å²) in [6, 6.07) is 1.43. The number of ether oxygens (including phenoxy) is 1. The molecule has 2 nitrogen and oxygen atoms in total. The van der Waals surface area contributed by atoms with E-state index in [1.165, 1.54) is 0 Å². The van der Waals surface area contributed by atoms with Crippen LogP contribution in [0.5, 0.6) is 5.75 Å². The van der Waals surface area contributed by atoms with Crippen LogP contribution in [0.1, 0.15) is 0 Å². The van der Waals surface area contributed by atoms with Crippen LogP contribution in [0.2, 0.25) is 0 Å². The molecule has 0 aromatic heterocycles. The fourth-order valence-electron chi connectivity index (χ4n) is 0.632. The number of hydrogen-bond acceptors (Lipinski definition) is 2. The molecule has 0 heterocycles. The summed E-state index contributed by atoms with van der Waals surface area (Å²) in [4.78, 5) is 9.59. The zero-order chi connectivity index (χ0) is 9.14. The van der Waals surface area contributed by atoms with E-state index < -0.39 is 23.2 Å². The van der Waals surface area contributed by atoms with Crippen LogP contribution in [0.3, 0.4) is 0 Å². The van der Waals surface area contributed by atoms with E-state index in [0.29, 0.717) is 6.07 Å². The van der Waals surface area contributed by atoms with E-state index >= 15 is 0 Å². The van der Waals surface area contributed by atoms with E-state index in [1.807, 2.05) is 0 Å². The molecule has 0 aliphatic heterocycles. The number of hydrogen-bond donors (Lipinski definition) is 0. The van der Waals surface area contributed by atoms with E-state index in [0.717, 1.165) is 12.5 Å². The predicted octanol–water partition coefficient (Wildman–Crippen LogP) is 1.55. The first-order valence-electron chi connectivity index (χ1n) is 2.84. The van der Waals surface area contributed by atoms with Gasteiger partial charge in [-0.05, 0) is 12.1 Å². The van der Waals surface area contributed by atoms with Crippen LogP contribution in [0, 0.1) is 17.5 Å². The molecule has 0 amide bonds. The second-order valence-electron chi connectivity index (χ2n) is 1.86. The third-order valence-corrected chi connectivity index (χ3v) is 1.15. The molecular formula is C7H2F3O2. The molecule has 1 radical (unpaired) electrons. The molecule has 0 atom stereocenters. The third-order valence-electron chi connectivity index (χ3n) is 1.15. The first-order valence-corrected chi connectivity index (χ1v) is 2.84. The summed E-state index contributed by atoms with van der Waals surface area (Å²) < 4.78 is 41.0. The molecule has 12 heavy (non-hydrogen) atoms. The van der Waals surface area contributed by atoms with Gasteiger partial charge in [0.15, 0.2) is 17.4 Å². The first-order chi connectivity index (χ1) is 5.66. The fourth-order valence-corrected chi connectivity index (χ4v) is 0.632. The Kier molecular flexibility index (Phi) is 2.32. The molecule has 0 saturated carbocycles. The normalized spacial score (nSPS) is 9.58. The summed E-state index contributed by atoms with van der Waals surface area (Å²) in [5.74, 6) is -5.25. The van der Waals surface area contributed by atoms with Gasteiger partial charge >= 0.3 is 6.47 Å². The van der Waals surface area contributed by atoms with Crippen molar-refractivity contribution in [1.29, 1.82) is 0 Å². The van der Waals surface area contributed by atoms with Crippen molar-refractivity contribution >= 4 is 6.47 Å². The monoisotopic (exact) mass is 175 g/mol. The molecule has 0 aliphatic rings. The van der Waals surface area contributed by atoms with Gasteiger partial charge in [-0.15, -0.1) is 0 Å². The second-order valence-corrected chi connectivity index (χ2v) is 1.86. The quantitative estimate of drug-likeness (QED) is 0.637. The number of rotatable bonds is 2. The Bertz CT molecular complexity index is 312. The van der Waals surface area contributed by atoms with Gasteiger partial charge in [-0.2, -0.15) is 4.39 Å². The maximum atomic E-state index is 12.5. The minimum absolute atomic E-state index is 0.644. The van der Waals surface area contributed by atoms with Gasteiger partial charge in [-0.25, -0.2) is 13.6 Å². The van der Waals surface area contributed by atoms with E-state index in [-0.39, 0.29) is 0 Å². The van der Waals surface area contributed by atoms with Crippen molar-refractivity contribution in [3.63, 3.8) is 0 Å². The summed E-state index contributed by atoms with van der Waals surface area (Å²) in [5.41, 5.74) is 0. The second kappa shape index (κ2) is 3.25. The Labute approximate surface area is 65.6 Å². The van der Waals surface area contributed by atoms with Gasteiger partial charge in [0.05, 0.1) is 0 Å². The molecule has 0 aliphatic carbocycles. The molecule has 0 bridgehead atoms. The van der Waals surface area contributed by atoms with Crippen molar-refractivity contribution < 1.29 is 22.7 Å². The van der Waals surface area contributed by atoms with Crippen molar-refractivity contribution in [2.75, 3.05) is 0 Å². The van der Waals surface area contributed by atoms with Crippen molar-refractivity contribution in [1.82, 2.24) is 0 Å². The number of carbonyl (C=O) groups excluding carboxylic acids is 1. The number of halogens is 3. The van der Waals surface area contributed by atoms with Crippen LogP contribution in [0.15, 0.2) is 12.1 Å². The van der Waals surface area contributed by atoms with Gasteiger partial charge in [0, 0.05) is 0 Å². The lowest BCUT2D eigenvalue weighted by Crippen LogP contribution is -1.97. The number of benzene rings is 1. The average Bonchev–Trinajstić information content (AvgIpc) is 2.07. The molecule has 1 aromatic carbocycles. The summed E-state index contributed by atoms with van der Waals surface area (Å²) in [7, 11) is 0. The minimum atomic E-state index is -1.68. The SMILES string of the molecule is O=[C]Oc1ccc(F)c(F)c1F. The van der Waals surface area contributed by atoms with Crippen LogP contribution in [0.4, 0.5) is 13.2 Å². The Morgan fingerprint density at radius 1 is 1.17 bits per heavy atom. The summed E-state index contributed by atoms with van der Waals surface area (Å²) in [6.07, 6.45) is 0. The molecule has 0 spiro atoms. The standard InChI is InChI=1S/C7H2F3O2/c8-4-1-2-5(12-3-11)7(10)6(4)9/h1-2H. The lowest BCUT2D eigenvalue weighted by molar-refractivity contribution is 0.392. The van der Waals surface area contributed by atoms with E-state index in [9.17, 15) is 18.0 Å². The Morgan fingerprint density at radius 3 is 2.42 bits per heavy atom. The summed E-state index contributed by atoms with van der Waals surface area (Å²) in [6.45, 7) is 0.892. The molecule has 5 heteroatoms. The van der Waals surface area contributed by atoms with E-state index in [2.05, 4.69) is 4.74 Å². The zero-order valence-electron chi connectivity index (χ0n) is 5.61. The molecule has 0 N–H and O–H groups in total. The molecule has 63 valence electrons. The maximum Gasteiger partial charge on any atom is 0.423 e. The highest BCUT2D eigenvalue weighted by Gasteiger charge is 2.14. The molecule has 0 unspecified atom stereocenters. The lowest BCUT2D eigenvalue weighted by atomic mass is 10.3. The molecule has 0 saturated heterocycles. The van der Waals surface area contributed by atoms with Gasteiger partial charge in [0.25, 0.3) is 0 Å². The molecule has 1 aromatic rings. The first kappa shape index (κ1) is 8.58. The smallest absolute Gasteiger partial charge is 0.415 e. The molecular weight excluding hydrogens is 173 g/mol. The average molecular weight is 175 g/mol. The Hall–Kier alpha value is -1.52. The van der Waals surface area contributed by atoms with Crippen LogP contribution in [-0.2, 0) is 4.79 Å². The topological polar surface area (TPSA) is 26.3 Å². The van der Waals surface area contributed by atoms with Crippen LogP contribution in [0.25, 0.3) is 0 Å². The van der Waals surface area contributed by atoms with Crippen molar-refractivity contribution in [2.45, 2.75) is 0 Å². The Morgan fingerprint density at radius 2 is 1.83 bits per heavy atom. The molecule has 0 fully saturated rings. The summed E-state index contributed by atoms with van der Waals surface area (Å²) >= 11 is 0. The Balaban J connectivity index is 3.16. The highest BCUT2D eigenvalue weighted by atomic mass is 19.2. The van der Waals surface area contributed by atoms with Crippen LogP contribution >= 0.6 is 0 Å². The van der Waals surface area contributed by atoms with E-state index in [1.54, 1.807) is 0 Å². The fraction of sp³-hybridized carbons (Fsp3) is 0. The van der Waals surface area contributed by atoms with Crippen molar-refractivity contribution in [3.8, 4) is 5.75 Å². The van der Waals surface area contributed by atoms with Crippen LogP contribution < -0.4 is 4.74 Å². The third kappa shape index (κ3) is 1.39. The van der Waals surface area contributed by atoms with Gasteiger partial charge in [0.2, 0.25) is 5.82 Å². The van der Waals surface area contributed by atoms with Crippen molar-refractivity contribution in [2.24, 2.45) is 0 Å². The van der Waals surface area contributed by atoms with Gasteiger partial charge in [-0.3, -0.25) is 0 Å². The minimum Gasteiger partial charge on any atom is -0.415 e. The van der Waals surface area contributed by atoms with E-state index in [4.69, 9.17) is 0 Å². The highest BCUT2D eigenvalue weighted by molar-refractivity contribution is 5.46. The van der Waals surface area contributed by atoms with Gasteiger partial charge in [-0.1, -0.05) is 0 Å². The van der Waals surface area contributed by atoms with Gasteiger partial charge in [0.1, 0.15) is 0 Å². The maximum absolute atomic E-state index is 12.5. The lowest BCUT2D eigenvalue weighted by Gasteiger charge is -1.99. The molecule has 1 rings (SSSR count). The largest absolute Gasteiger partial charge is 0.423 e. The zero-order valence-corrected chi connectivity index (χ0v) is 5.61. The predicted molar refractivity (Wildman–Crippen MR) is 32.6 cm³/mol. The summed E-state index contributed by atoms with van der Waals surface area (Å²) in [5, 5.41) is 0. The van der Waals surface area contributed by atoms with Crippen LogP contribution in [-0.4, -0.2) is 6.47 Å². The highest BCUT2D eigenvalue weighted by Crippen LogP contribution is 2.20.